The summed E-state index contributed by atoms with van der Waals surface area (Å²) in [4.78, 5) is 0. The second kappa shape index (κ2) is 4.73. The number of rotatable bonds is 4. The topological polar surface area (TPSA) is 66.5 Å². The highest BCUT2D eigenvalue weighted by Gasteiger charge is 2.08. The summed E-state index contributed by atoms with van der Waals surface area (Å²) in [6.45, 7) is 3.80. The highest BCUT2D eigenvalue weighted by molar-refractivity contribution is 4.68. The van der Waals surface area contributed by atoms with Gasteiger partial charge in [-0.1, -0.05) is 0 Å². The Labute approximate surface area is 55.5 Å². The van der Waals surface area contributed by atoms with Gasteiger partial charge in [0.05, 0.1) is 12.2 Å². The Morgan fingerprint density at radius 3 is 2.33 bits per heavy atom. The summed E-state index contributed by atoms with van der Waals surface area (Å²) in [7, 11) is 0. The van der Waals surface area contributed by atoms with Crippen LogP contribution >= 0.6 is 0 Å². The molecule has 9 heavy (non-hydrogen) atoms. The van der Waals surface area contributed by atoms with Crippen molar-refractivity contribution in [3.05, 3.63) is 6.92 Å². The van der Waals surface area contributed by atoms with Gasteiger partial charge in [-0.3, -0.25) is 0 Å². The van der Waals surface area contributed by atoms with Crippen molar-refractivity contribution in [2.24, 2.45) is 5.73 Å². The standard InChI is InChI=1S/C6H14NO2/c1-5(8)6(9)3-2-4-7/h5-6,8-9H,1-4,7H2. The van der Waals surface area contributed by atoms with E-state index in [1.165, 1.54) is 0 Å². The summed E-state index contributed by atoms with van der Waals surface area (Å²) < 4.78 is 0. The van der Waals surface area contributed by atoms with Gasteiger partial charge in [0.1, 0.15) is 0 Å². The van der Waals surface area contributed by atoms with E-state index in [1.54, 1.807) is 0 Å². The van der Waals surface area contributed by atoms with Gasteiger partial charge in [0.25, 0.3) is 0 Å². The Morgan fingerprint density at radius 2 is 2.00 bits per heavy atom. The van der Waals surface area contributed by atoms with Crippen LogP contribution in [0.25, 0.3) is 0 Å². The summed E-state index contributed by atoms with van der Waals surface area (Å²) >= 11 is 0. The summed E-state index contributed by atoms with van der Waals surface area (Å²) in [5.74, 6) is 0. The number of hydrogen-bond acceptors (Lipinski definition) is 3. The lowest BCUT2D eigenvalue weighted by atomic mass is 10.1. The van der Waals surface area contributed by atoms with Crippen molar-refractivity contribution in [2.45, 2.75) is 25.0 Å². The number of aliphatic hydroxyl groups excluding tert-OH is 2. The first-order valence-electron chi connectivity index (χ1n) is 3.07. The lowest BCUT2D eigenvalue weighted by Crippen LogP contribution is -2.23. The third-order valence-electron chi connectivity index (χ3n) is 1.15. The van der Waals surface area contributed by atoms with Crippen LogP contribution in [0.3, 0.4) is 0 Å². The van der Waals surface area contributed by atoms with Gasteiger partial charge in [-0.05, 0) is 26.3 Å². The molecule has 0 saturated heterocycles. The van der Waals surface area contributed by atoms with Crippen LogP contribution in [0.4, 0.5) is 0 Å². The molecule has 0 bridgehead atoms. The van der Waals surface area contributed by atoms with Crippen molar-refractivity contribution < 1.29 is 10.2 Å². The van der Waals surface area contributed by atoms with Crippen LogP contribution in [0.15, 0.2) is 0 Å². The van der Waals surface area contributed by atoms with E-state index < -0.39 is 12.2 Å². The lowest BCUT2D eigenvalue weighted by molar-refractivity contribution is 0.0407. The molecule has 0 rings (SSSR count). The predicted molar refractivity (Wildman–Crippen MR) is 35.7 cm³/mol. The molecule has 1 radical (unpaired) electrons. The minimum absolute atomic E-state index is 0.529. The number of hydrogen-bond donors (Lipinski definition) is 3. The lowest BCUT2D eigenvalue weighted by Gasteiger charge is -2.11. The predicted octanol–water partition coefficient (Wildman–Crippen LogP) is -0.719. The molecule has 4 N–H and O–H groups in total. The van der Waals surface area contributed by atoms with Gasteiger partial charge in [0.15, 0.2) is 0 Å². The molecule has 0 saturated carbocycles. The average Bonchev–Trinajstić information content (AvgIpc) is 1.82. The van der Waals surface area contributed by atoms with Gasteiger partial charge in [-0.2, -0.15) is 0 Å². The van der Waals surface area contributed by atoms with Gasteiger partial charge >= 0.3 is 0 Å². The van der Waals surface area contributed by atoms with E-state index in [0.717, 1.165) is 6.42 Å². The Morgan fingerprint density at radius 1 is 1.44 bits per heavy atom. The van der Waals surface area contributed by atoms with Gasteiger partial charge in [-0.15, -0.1) is 0 Å². The molecular formula is C6H14NO2. The fourth-order valence-corrected chi connectivity index (χ4v) is 0.519. The fourth-order valence-electron chi connectivity index (χ4n) is 0.519. The maximum absolute atomic E-state index is 8.89. The van der Waals surface area contributed by atoms with Crippen molar-refractivity contribution in [1.29, 1.82) is 0 Å². The zero-order chi connectivity index (χ0) is 7.28. The van der Waals surface area contributed by atoms with Crippen molar-refractivity contribution >= 4 is 0 Å². The molecule has 3 nitrogen and oxygen atoms in total. The molecular weight excluding hydrogens is 118 g/mol. The Bertz CT molecular complexity index is 66.1. The first-order chi connectivity index (χ1) is 4.18. The minimum atomic E-state index is -0.878. The number of aliphatic hydroxyl groups is 2. The summed E-state index contributed by atoms with van der Waals surface area (Å²) in [6.07, 6.45) is -0.334. The van der Waals surface area contributed by atoms with E-state index in [4.69, 9.17) is 15.9 Å². The van der Waals surface area contributed by atoms with Crippen LogP contribution in [-0.4, -0.2) is 29.0 Å². The molecule has 2 atom stereocenters. The molecule has 0 amide bonds. The monoisotopic (exact) mass is 132 g/mol. The van der Waals surface area contributed by atoms with Crippen LogP contribution in [0, 0.1) is 6.92 Å². The Hall–Kier alpha value is -0.120. The van der Waals surface area contributed by atoms with Crippen LogP contribution in [0.5, 0.6) is 0 Å². The van der Waals surface area contributed by atoms with Crippen LogP contribution in [-0.2, 0) is 0 Å². The average molecular weight is 132 g/mol. The molecule has 0 spiro atoms. The maximum Gasteiger partial charge on any atom is 0.0800 e. The Balaban J connectivity index is 3.16. The van der Waals surface area contributed by atoms with Crippen LogP contribution in [0.1, 0.15) is 12.8 Å². The zero-order valence-electron chi connectivity index (χ0n) is 5.45. The van der Waals surface area contributed by atoms with Gasteiger partial charge in [-0.25, -0.2) is 0 Å². The molecule has 0 aromatic carbocycles. The molecule has 0 aliphatic heterocycles. The first kappa shape index (κ1) is 8.88. The van der Waals surface area contributed by atoms with Gasteiger partial charge in [0, 0.05) is 0 Å². The quantitative estimate of drug-likeness (QED) is 0.473. The molecule has 0 fully saturated rings. The van der Waals surface area contributed by atoms with E-state index in [9.17, 15) is 0 Å². The van der Waals surface area contributed by atoms with Crippen LogP contribution in [0.2, 0.25) is 0 Å². The fraction of sp³-hybridized carbons (Fsp3) is 0.833. The summed E-state index contributed by atoms with van der Waals surface area (Å²) in [6, 6.07) is 0. The molecule has 0 aromatic rings. The van der Waals surface area contributed by atoms with Gasteiger partial charge in [0.2, 0.25) is 0 Å². The van der Waals surface area contributed by atoms with Crippen molar-refractivity contribution in [3.63, 3.8) is 0 Å². The van der Waals surface area contributed by atoms with E-state index >= 15 is 0 Å². The van der Waals surface area contributed by atoms with Crippen molar-refractivity contribution in [1.82, 2.24) is 0 Å². The number of nitrogens with two attached hydrogens (primary N) is 1. The molecule has 2 unspecified atom stereocenters. The minimum Gasteiger partial charge on any atom is -0.390 e. The SMILES string of the molecule is [CH2]C(O)C(O)CCCN. The second-order valence-corrected chi connectivity index (χ2v) is 2.07. The smallest absolute Gasteiger partial charge is 0.0800 e. The van der Waals surface area contributed by atoms with Crippen molar-refractivity contribution in [3.8, 4) is 0 Å². The molecule has 0 aliphatic carbocycles. The largest absolute Gasteiger partial charge is 0.390 e. The maximum atomic E-state index is 8.89. The zero-order valence-corrected chi connectivity index (χ0v) is 5.45. The highest BCUT2D eigenvalue weighted by atomic mass is 16.3. The molecule has 0 heterocycles. The second-order valence-electron chi connectivity index (χ2n) is 2.07. The van der Waals surface area contributed by atoms with Crippen LogP contribution < -0.4 is 5.73 Å². The summed E-state index contributed by atoms with van der Waals surface area (Å²) in [5.41, 5.74) is 5.16. The van der Waals surface area contributed by atoms with E-state index in [2.05, 4.69) is 6.92 Å². The van der Waals surface area contributed by atoms with E-state index in [0.29, 0.717) is 13.0 Å². The Kier molecular flexibility index (Phi) is 4.67. The van der Waals surface area contributed by atoms with E-state index in [-0.39, 0.29) is 0 Å². The third-order valence-corrected chi connectivity index (χ3v) is 1.15. The molecule has 0 aliphatic rings. The third kappa shape index (κ3) is 4.39. The molecule has 55 valence electrons. The first-order valence-corrected chi connectivity index (χ1v) is 3.07. The van der Waals surface area contributed by atoms with Gasteiger partial charge < -0.3 is 15.9 Å². The summed E-state index contributed by atoms with van der Waals surface area (Å²) in [5, 5.41) is 17.5. The molecule has 0 aromatic heterocycles. The van der Waals surface area contributed by atoms with Crippen molar-refractivity contribution in [2.75, 3.05) is 6.54 Å². The normalized spacial score (nSPS) is 17.3. The highest BCUT2D eigenvalue weighted by Crippen LogP contribution is 1.99. The molecule has 3 heteroatoms. The van der Waals surface area contributed by atoms with E-state index in [1.807, 2.05) is 0 Å².